The summed E-state index contributed by atoms with van der Waals surface area (Å²) in [5.41, 5.74) is -1.10. The van der Waals surface area contributed by atoms with Crippen LogP contribution in [0, 0.1) is 6.92 Å². The molecule has 1 rings (SSSR count). The monoisotopic (exact) mass is 323 g/mol. The Morgan fingerprint density at radius 3 is 2.17 bits per heavy atom. The van der Waals surface area contributed by atoms with Gasteiger partial charge in [0.1, 0.15) is 17.1 Å². The maximum Gasteiger partial charge on any atom is 0.350 e. The first kappa shape index (κ1) is 18.8. The van der Waals surface area contributed by atoms with Crippen LogP contribution in [0.2, 0.25) is 0 Å². The highest BCUT2D eigenvalue weighted by molar-refractivity contribution is 5.97. The van der Waals surface area contributed by atoms with E-state index in [1.54, 1.807) is 41.5 Å². The Balaban J connectivity index is 3.07. The molecule has 0 unspecified atom stereocenters. The number of aromatic hydroxyl groups is 1. The standard InChI is InChI=1S/C17H25NO5/c1-10-8-11(14(20)18-7)12(19)9-13(10)22-17(5,6)15(21)23-16(2,3)4/h8-9,19H,1-7H3,(H,18,20). The van der Waals surface area contributed by atoms with E-state index in [1.807, 2.05) is 0 Å². The molecule has 0 aromatic heterocycles. The number of carbonyl (C=O) groups is 2. The number of aryl methyl sites for hydroxylation is 1. The Labute approximate surface area is 136 Å². The van der Waals surface area contributed by atoms with Gasteiger partial charge in [-0.15, -0.1) is 0 Å². The average Bonchev–Trinajstić information content (AvgIpc) is 2.39. The van der Waals surface area contributed by atoms with Crippen LogP contribution in [0.1, 0.15) is 50.5 Å². The van der Waals surface area contributed by atoms with Gasteiger partial charge in [-0.1, -0.05) is 0 Å². The second kappa shape index (κ2) is 6.48. The first-order valence-electron chi connectivity index (χ1n) is 7.35. The molecule has 128 valence electrons. The van der Waals surface area contributed by atoms with E-state index in [9.17, 15) is 14.7 Å². The van der Waals surface area contributed by atoms with Gasteiger partial charge in [-0.25, -0.2) is 4.79 Å². The fraction of sp³-hybridized carbons (Fsp3) is 0.529. The van der Waals surface area contributed by atoms with Gasteiger partial charge in [-0.2, -0.15) is 0 Å². The van der Waals surface area contributed by atoms with E-state index in [1.165, 1.54) is 19.2 Å². The molecule has 6 nitrogen and oxygen atoms in total. The van der Waals surface area contributed by atoms with Crippen molar-refractivity contribution >= 4 is 11.9 Å². The molecule has 0 spiro atoms. The number of benzene rings is 1. The van der Waals surface area contributed by atoms with Crippen LogP contribution in [0.3, 0.4) is 0 Å². The highest BCUT2D eigenvalue weighted by Crippen LogP contribution is 2.31. The number of ether oxygens (including phenoxy) is 2. The Bertz CT molecular complexity index is 614. The summed E-state index contributed by atoms with van der Waals surface area (Å²) in [6.07, 6.45) is 0. The summed E-state index contributed by atoms with van der Waals surface area (Å²) in [5.74, 6) is -0.821. The number of rotatable bonds is 4. The highest BCUT2D eigenvalue weighted by atomic mass is 16.6. The summed E-state index contributed by atoms with van der Waals surface area (Å²) >= 11 is 0. The summed E-state index contributed by atoms with van der Waals surface area (Å²) in [5, 5.41) is 12.4. The van der Waals surface area contributed by atoms with Gasteiger partial charge in [-0.3, -0.25) is 4.79 Å². The molecule has 0 fully saturated rings. The normalized spacial score (nSPS) is 11.8. The number of carbonyl (C=O) groups excluding carboxylic acids is 2. The molecule has 0 bridgehead atoms. The van der Waals surface area contributed by atoms with E-state index >= 15 is 0 Å². The Morgan fingerprint density at radius 1 is 1.13 bits per heavy atom. The van der Waals surface area contributed by atoms with Crippen molar-refractivity contribution in [2.24, 2.45) is 0 Å². The Kier molecular flexibility index (Phi) is 5.30. The summed E-state index contributed by atoms with van der Waals surface area (Å²) in [4.78, 5) is 23.9. The SMILES string of the molecule is CNC(=O)c1cc(C)c(OC(C)(C)C(=O)OC(C)(C)C)cc1O. The first-order valence-corrected chi connectivity index (χ1v) is 7.35. The molecular weight excluding hydrogens is 298 g/mol. The molecule has 0 saturated heterocycles. The molecule has 1 aromatic carbocycles. The molecule has 23 heavy (non-hydrogen) atoms. The zero-order chi connectivity index (χ0) is 18.0. The van der Waals surface area contributed by atoms with Crippen LogP contribution in [-0.4, -0.2) is 35.2 Å². The predicted molar refractivity (Wildman–Crippen MR) is 86.8 cm³/mol. The van der Waals surface area contributed by atoms with Gasteiger partial charge in [0.2, 0.25) is 0 Å². The maximum atomic E-state index is 12.2. The fourth-order valence-corrected chi connectivity index (χ4v) is 1.82. The largest absolute Gasteiger partial charge is 0.507 e. The quantitative estimate of drug-likeness (QED) is 0.832. The number of hydrogen-bond donors (Lipinski definition) is 2. The molecule has 1 aromatic rings. The average molecular weight is 323 g/mol. The number of hydrogen-bond acceptors (Lipinski definition) is 5. The Hall–Kier alpha value is -2.24. The van der Waals surface area contributed by atoms with Gasteiger partial charge in [0.05, 0.1) is 5.56 Å². The van der Waals surface area contributed by atoms with Gasteiger partial charge in [-0.05, 0) is 53.2 Å². The van der Waals surface area contributed by atoms with Crippen molar-refractivity contribution in [3.63, 3.8) is 0 Å². The van der Waals surface area contributed by atoms with Gasteiger partial charge in [0, 0.05) is 13.1 Å². The van der Waals surface area contributed by atoms with Crippen LogP contribution < -0.4 is 10.1 Å². The van der Waals surface area contributed by atoms with Crippen molar-refractivity contribution in [1.29, 1.82) is 0 Å². The highest BCUT2D eigenvalue weighted by Gasteiger charge is 2.35. The molecular formula is C17H25NO5. The van der Waals surface area contributed by atoms with E-state index in [4.69, 9.17) is 9.47 Å². The minimum Gasteiger partial charge on any atom is -0.507 e. The second-order valence-corrected chi connectivity index (χ2v) is 6.83. The smallest absolute Gasteiger partial charge is 0.350 e. The summed E-state index contributed by atoms with van der Waals surface area (Å²) < 4.78 is 11.1. The van der Waals surface area contributed by atoms with Crippen molar-refractivity contribution in [1.82, 2.24) is 5.32 Å². The summed E-state index contributed by atoms with van der Waals surface area (Å²) in [6.45, 7) is 10.2. The third-order valence-electron chi connectivity index (χ3n) is 3.02. The van der Waals surface area contributed by atoms with Gasteiger partial charge < -0.3 is 19.9 Å². The van der Waals surface area contributed by atoms with Crippen molar-refractivity contribution in [2.75, 3.05) is 7.05 Å². The first-order chi connectivity index (χ1) is 10.4. The maximum absolute atomic E-state index is 12.2. The van der Waals surface area contributed by atoms with E-state index in [-0.39, 0.29) is 11.3 Å². The van der Waals surface area contributed by atoms with Gasteiger partial charge in [0.15, 0.2) is 5.60 Å². The lowest BCUT2D eigenvalue weighted by Crippen LogP contribution is -2.43. The van der Waals surface area contributed by atoms with Crippen LogP contribution in [0.4, 0.5) is 0 Å². The van der Waals surface area contributed by atoms with Gasteiger partial charge >= 0.3 is 5.97 Å². The third kappa shape index (κ3) is 4.87. The minimum absolute atomic E-state index is 0.146. The molecule has 2 N–H and O–H groups in total. The van der Waals surface area contributed by atoms with Crippen LogP contribution in [0.5, 0.6) is 11.5 Å². The Morgan fingerprint density at radius 2 is 1.70 bits per heavy atom. The predicted octanol–water partition coefficient (Wildman–Crippen LogP) is 2.56. The number of amides is 1. The van der Waals surface area contributed by atoms with E-state index in [0.717, 1.165) is 0 Å². The fourth-order valence-electron chi connectivity index (χ4n) is 1.82. The summed E-state index contributed by atoms with van der Waals surface area (Å²) in [6, 6.07) is 2.83. The number of phenols is 1. The second-order valence-electron chi connectivity index (χ2n) is 6.83. The molecule has 6 heteroatoms. The van der Waals surface area contributed by atoms with Crippen LogP contribution >= 0.6 is 0 Å². The van der Waals surface area contributed by atoms with Crippen LogP contribution in [0.25, 0.3) is 0 Å². The van der Waals surface area contributed by atoms with Crippen LogP contribution in [0.15, 0.2) is 12.1 Å². The lowest BCUT2D eigenvalue weighted by Gasteiger charge is -2.29. The molecule has 0 aliphatic rings. The third-order valence-corrected chi connectivity index (χ3v) is 3.02. The van der Waals surface area contributed by atoms with Crippen molar-refractivity contribution in [3.05, 3.63) is 23.3 Å². The van der Waals surface area contributed by atoms with Crippen molar-refractivity contribution < 1.29 is 24.2 Å². The molecule has 1 amide bonds. The molecule has 0 saturated carbocycles. The topological polar surface area (TPSA) is 84.9 Å². The molecule has 0 heterocycles. The van der Waals surface area contributed by atoms with E-state index < -0.39 is 23.1 Å². The lowest BCUT2D eigenvalue weighted by molar-refractivity contribution is -0.171. The van der Waals surface area contributed by atoms with Gasteiger partial charge in [0.25, 0.3) is 5.91 Å². The molecule has 0 aliphatic heterocycles. The number of esters is 1. The molecule has 0 aliphatic carbocycles. The number of nitrogens with one attached hydrogen (secondary N) is 1. The molecule has 0 atom stereocenters. The minimum atomic E-state index is -1.24. The zero-order valence-electron chi connectivity index (χ0n) is 14.7. The van der Waals surface area contributed by atoms with Crippen molar-refractivity contribution in [3.8, 4) is 11.5 Å². The van der Waals surface area contributed by atoms with Crippen molar-refractivity contribution in [2.45, 2.75) is 52.7 Å². The zero-order valence-corrected chi connectivity index (χ0v) is 14.7. The van der Waals surface area contributed by atoms with E-state index in [2.05, 4.69) is 5.32 Å². The molecule has 0 radical (unpaired) electrons. The number of phenolic OH excluding ortho intramolecular Hbond substituents is 1. The lowest BCUT2D eigenvalue weighted by atomic mass is 10.1. The van der Waals surface area contributed by atoms with E-state index in [0.29, 0.717) is 11.3 Å². The van der Waals surface area contributed by atoms with Crippen LogP contribution in [-0.2, 0) is 9.53 Å². The summed E-state index contributed by atoms with van der Waals surface area (Å²) in [7, 11) is 1.48.